The maximum atomic E-state index is 9.93. The molecule has 0 spiro atoms. The van der Waals surface area contributed by atoms with Crippen LogP contribution in [0.2, 0.25) is 0 Å². The highest BCUT2D eigenvalue weighted by atomic mass is 32.1. The number of phenols is 1. The number of anilines is 1. The predicted molar refractivity (Wildman–Crippen MR) is 78.9 cm³/mol. The molecule has 0 aliphatic heterocycles. The first kappa shape index (κ1) is 11.7. The second-order valence-electron chi connectivity index (χ2n) is 3.93. The van der Waals surface area contributed by atoms with Gasteiger partial charge in [0.05, 0.1) is 6.21 Å². The van der Waals surface area contributed by atoms with Gasteiger partial charge in [0.15, 0.2) is 0 Å². The minimum Gasteiger partial charge on any atom is -0.507 e. The molecule has 0 saturated carbocycles. The minimum atomic E-state index is 0.211. The Labute approximate surface area is 114 Å². The van der Waals surface area contributed by atoms with Gasteiger partial charge in [0.2, 0.25) is 5.13 Å². The van der Waals surface area contributed by atoms with Gasteiger partial charge in [0.25, 0.3) is 0 Å². The molecule has 0 saturated heterocycles. The van der Waals surface area contributed by atoms with Gasteiger partial charge in [-0.25, -0.2) is 4.98 Å². The van der Waals surface area contributed by atoms with Crippen LogP contribution in [0.15, 0.2) is 53.1 Å². The van der Waals surface area contributed by atoms with Crippen LogP contribution in [0.25, 0.3) is 10.8 Å². The molecule has 5 heteroatoms. The average Bonchev–Trinajstić information content (AvgIpc) is 2.94. The van der Waals surface area contributed by atoms with Crippen molar-refractivity contribution in [2.24, 2.45) is 5.10 Å². The zero-order valence-corrected chi connectivity index (χ0v) is 10.8. The molecule has 94 valence electrons. The number of nitrogens with one attached hydrogen (secondary N) is 1. The van der Waals surface area contributed by atoms with Crippen LogP contribution in [0, 0.1) is 0 Å². The Bertz CT molecular complexity index is 723. The topological polar surface area (TPSA) is 57.5 Å². The van der Waals surface area contributed by atoms with Crippen LogP contribution in [-0.2, 0) is 0 Å². The lowest BCUT2D eigenvalue weighted by atomic mass is 10.0. The van der Waals surface area contributed by atoms with Crippen LogP contribution < -0.4 is 5.43 Å². The van der Waals surface area contributed by atoms with E-state index in [1.165, 1.54) is 11.3 Å². The Kier molecular flexibility index (Phi) is 3.12. The van der Waals surface area contributed by atoms with Crippen LogP contribution in [0.3, 0.4) is 0 Å². The number of benzene rings is 2. The van der Waals surface area contributed by atoms with E-state index in [0.717, 1.165) is 15.9 Å². The molecule has 0 fully saturated rings. The smallest absolute Gasteiger partial charge is 0.203 e. The quantitative estimate of drug-likeness (QED) is 0.565. The van der Waals surface area contributed by atoms with Gasteiger partial charge in [-0.1, -0.05) is 30.3 Å². The third-order valence-electron chi connectivity index (χ3n) is 2.73. The molecule has 0 aliphatic carbocycles. The SMILES string of the molecule is Oc1ccc2ccccc2c1/C=N\Nc1nccs1. The van der Waals surface area contributed by atoms with Crippen molar-refractivity contribution >= 4 is 33.5 Å². The Balaban J connectivity index is 1.95. The van der Waals surface area contributed by atoms with Crippen molar-refractivity contribution in [2.45, 2.75) is 0 Å². The lowest BCUT2D eigenvalue weighted by Gasteiger charge is -2.04. The largest absolute Gasteiger partial charge is 0.507 e. The lowest BCUT2D eigenvalue weighted by molar-refractivity contribution is 0.475. The standard InChI is InChI=1S/C14H11N3OS/c18-13-6-5-10-3-1-2-4-11(10)12(13)9-16-17-14-15-7-8-19-14/h1-9,18H,(H,15,17)/b16-9-. The van der Waals surface area contributed by atoms with Crippen molar-refractivity contribution in [3.05, 3.63) is 53.5 Å². The van der Waals surface area contributed by atoms with E-state index in [4.69, 9.17) is 0 Å². The van der Waals surface area contributed by atoms with Gasteiger partial charge in [0, 0.05) is 17.1 Å². The van der Waals surface area contributed by atoms with Crippen molar-refractivity contribution in [3.8, 4) is 5.75 Å². The Morgan fingerprint density at radius 3 is 2.95 bits per heavy atom. The molecule has 0 amide bonds. The van der Waals surface area contributed by atoms with Gasteiger partial charge in [-0.15, -0.1) is 11.3 Å². The van der Waals surface area contributed by atoms with Crippen LogP contribution in [0.5, 0.6) is 5.75 Å². The minimum absolute atomic E-state index is 0.211. The number of thiazole rings is 1. The first-order valence-corrected chi connectivity index (χ1v) is 6.62. The van der Waals surface area contributed by atoms with E-state index in [0.29, 0.717) is 5.56 Å². The summed E-state index contributed by atoms with van der Waals surface area (Å²) in [6.45, 7) is 0. The molecule has 0 atom stereocenters. The van der Waals surface area contributed by atoms with Crippen LogP contribution in [0.1, 0.15) is 5.56 Å². The number of nitrogens with zero attached hydrogens (tertiary/aromatic N) is 2. The third-order valence-corrected chi connectivity index (χ3v) is 3.41. The molecule has 3 aromatic rings. The second kappa shape index (κ2) is 5.07. The fourth-order valence-corrected chi connectivity index (χ4v) is 2.33. The van der Waals surface area contributed by atoms with Gasteiger partial charge < -0.3 is 5.11 Å². The van der Waals surface area contributed by atoms with Gasteiger partial charge in [-0.05, 0) is 16.8 Å². The molecule has 4 nitrogen and oxygen atoms in total. The fourth-order valence-electron chi connectivity index (χ4n) is 1.85. The number of aromatic nitrogens is 1. The van der Waals surface area contributed by atoms with Crippen molar-refractivity contribution < 1.29 is 5.11 Å². The Hall–Kier alpha value is -2.40. The number of fused-ring (bicyclic) bond motifs is 1. The molecule has 2 N–H and O–H groups in total. The number of phenolic OH excluding ortho intramolecular Hbond substituents is 1. The number of hydrogen-bond donors (Lipinski definition) is 2. The first-order valence-electron chi connectivity index (χ1n) is 5.74. The van der Waals surface area contributed by atoms with E-state index in [1.54, 1.807) is 18.5 Å². The molecular weight excluding hydrogens is 258 g/mol. The molecule has 0 unspecified atom stereocenters. The Morgan fingerprint density at radius 1 is 1.21 bits per heavy atom. The normalized spacial score (nSPS) is 11.2. The summed E-state index contributed by atoms with van der Waals surface area (Å²) < 4.78 is 0. The summed E-state index contributed by atoms with van der Waals surface area (Å²) in [6, 6.07) is 11.4. The third kappa shape index (κ3) is 2.41. The molecule has 19 heavy (non-hydrogen) atoms. The van der Waals surface area contributed by atoms with E-state index in [1.807, 2.05) is 35.7 Å². The van der Waals surface area contributed by atoms with Gasteiger partial charge >= 0.3 is 0 Å². The summed E-state index contributed by atoms with van der Waals surface area (Å²) in [7, 11) is 0. The van der Waals surface area contributed by atoms with Crippen molar-refractivity contribution in [3.63, 3.8) is 0 Å². The molecule has 0 aliphatic rings. The number of aromatic hydroxyl groups is 1. The number of hydrazone groups is 1. The van der Waals surface area contributed by atoms with Crippen molar-refractivity contribution in [2.75, 3.05) is 5.43 Å². The monoisotopic (exact) mass is 269 g/mol. The molecule has 3 rings (SSSR count). The van der Waals surface area contributed by atoms with Gasteiger partial charge in [-0.3, -0.25) is 5.43 Å². The van der Waals surface area contributed by atoms with Crippen LogP contribution in [0.4, 0.5) is 5.13 Å². The highest BCUT2D eigenvalue weighted by molar-refractivity contribution is 7.13. The maximum absolute atomic E-state index is 9.93. The summed E-state index contributed by atoms with van der Waals surface area (Å²) in [5.74, 6) is 0.211. The molecule has 1 aromatic heterocycles. The van der Waals surface area contributed by atoms with E-state index in [9.17, 15) is 5.11 Å². The highest BCUT2D eigenvalue weighted by Gasteiger charge is 2.03. The zero-order chi connectivity index (χ0) is 13.1. The predicted octanol–water partition coefficient (Wildman–Crippen LogP) is 3.45. The first-order chi connectivity index (χ1) is 9.34. The summed E-state index contributed by atoms with van der Waals surface area (Å²) >= 11 is 1.47. The van der Waals surface area contributed by atoms with Crippen molar-refractivity contribution in [1.82, 2.24) is 4.98 Å². The van der Waals surface area contributed by atoms with Crippen molar-refractivity contribution in [1.29, 1.82) is 0 Å². The second-order valence-corrected chi connectivity index (χ2v) is 4.82. The van der Waals surface area contributed by atoms with Gasteiger partial charge in [0.1, 0.15) is 5.75 Å². The van der Waals surface area contributed by atoms with Crippen LogP contribution in [-0.4, -0.2) is 16.3 Å². The maximum Gasteiger partial charge on any atom is 0.203 e. The van der Waals surface area contributed by atoms with E-state index >= 15 is 0 Å². The zero-order valence-electron chi connectivity index (χ0n) is 9.95. The fraction of sp³-hybridized carbons (Fsp3) is 0. The summed E-state index contributed by atoms with van der Waals surface area (Å²) in [5, 5.41) is 18.7. The van der Waals surface area contributed by atoms with Gasteiger partial charge in [-0.2, -0.15) is 5.10 Å². The summed E-state index contributed by atoms with van der Waals surface area (Å²) in [6.07, 6.45) is 3.32. The van der Waals surface area contributed by atoms with E-state index < -0.39 is 0 Å². The lowest BCUT2D eigenvalue weighted by Crippen LogP contribution is -1.91. The Morgan fingerprint density at radius 2 is 2.11 bits per heavy atom. The molecule has 0 bridgehead atoms. The summed E-state index contributed by atoms with van der Waals surface area (Å²) in [4.78, 5) is 4.06. The highest BCUT2D eigenvalue weighted by Crippen LogP contribution is 2.25. The molecule has 1 heterocycles. The molecular formula is C14H11N3OS. The average molecular weight is 269 g/mol. The molecule has 2 aromatic carbocycles. The number of rotatable bonds is 3. The van der Waals surface area contributed by atoms with Crippen LogP contribution >= 0.6 is 11.3 Å². The number of hydrogen-bond acceptors (Lipinski definition) is 5. The van der Waals surface area contributed by atoms with E-state index in [-0.39, 0.29) is 5.75 Å². The molecule has 0 radical (unpaired) electrons. The van der Waals surface area contributed by atoms with E-state index in [2.05, 4.69) is 15.5 Å². The summed E-state index contributed by atoms with van der Waals surface area (Å²) in [5.41, 5.74) is 3.53.